The Morgan fingerprint density at radius 3 is 2.68 bits per heavy atom. The lowest BCUT2D eigenvalue weighted by molar-refractivity contribution is 0.0500. The van der Waals surface area contributed by atoms with Crippen molar-refractivity contribution in [3.05, 3.63) is 30.2 Å². The normalized spacial score (nSPS) is 12.5. The van der Waals surface area contributed by atoms with Gasteiger partial charge in [0.15, 0.2) is 11.5 Å². The molecule has 2 heterocycles. The molecule has 0 saturated carbocycles. The Kier molecular flexibility index (Phi) is 5.51. The van der Waals surface area contributed by atoms with Crippen molar-refractivity contribution in [1.82, 2.24) is 15.4 Å². The summed E-state index contributed by atoms with van der Waals surface area (Å²) in [4.78, 5) is 25.6. The maximum absolute atomic E-state index is 12.5. The molecule has 0 bridgehead atoms. The fraction of sp³-hybridized carbons (Fsp3) is 0.471. The van der Waals surface area contributed by atoms with Crippen LogP contribution >= 0.6 is 0 Å². The van der Waals surface area contributed by atoms with Gasteiger partial charge < -0.3 is 23.9 Å². The third kappa shape index (κ3) is 5.10. The van der Waals surface area contributed by atoms with Gasteiger partial charge in [-0.2, -0.15) is 0 Å². The monoisotopic (exact) mass is 349 g/mol. The molecule has 0 unspecified atom stereocenters. The Labute approximate surface area is 146 Å². The van der Waals surface area contributed by atoms with E-state index in [4.69, 9.17) is 13.7 Å². The Morgan fingerprint density at radius 2 is 2.08 bits per heavy atom. The van der Waals surface area contributed by atoms with Gasteiger partial charge >= 0.3 is 6.09 Å². The van der Waals surface area contributed by atoms with Crippen molar-refractivity contribution in [2.75, 3.05) is 13.6 Å². The largest absolute Gasteiger partial charge is 0.461 e. The molecule has 25 heavy (non-hydrogen) atoms. The van der Waals surface area contributed by atoms with Crippen molar-refractivity contribution in [2.45, 2.75) is 39.3 Å². The fourth-order valence-electron chi connectivity index (χ4n) is 1.97. The molecule has 136 valence electrons. The third-order valence-corrected chi connectivity index (χ3v) is 3.42. The Hall–Kier alpha value is -2.77. The summed E-state index contributed by atoms with van der Waals surface area (Å²) < 4.78 is 15.5. The highest BCUT2D eigenvalue weighted by Gasteiger charge is 2.23. The van der Waals surface area contributed by atoms with Crippen LogP contribution in [-0.2, 0) is 4.74 Å². The summed E-state index contributed by atoms with van der Waals surface area (Å²) in [6.07, 6.45) is 0.984. The van der Waals surface area contributed by atoms with E-state index in [1.165, 1.54) is 17.2 Å². The molecular formula is C17H23N3O5. The van der Waals surface area contributed by atoms with Gasteiger partial charge in [-0.1, -0.05) is 5.16 Å². The van der Waals surface area contributed by atoms with Crippen molar-refractivity contribution >= 4 is 12.0 Å². The van der Waals surface area contributed by atoms with Crippen LogP contribution in [0.15, 0.2) is 33.4 Å². The number of hydrogen-bond acceptors (Lipinski definition) is 6. The van der Waals surface area contributed by atoms with Gasteiger partial charge in [0.25, 0.3) is 5.91 Å². The molecule has 0 aliphatic carbocycles. The van der Waals surface area contributed by atoms with Crippen LogP contribution in [0.4, 0.5) is 4.79 Å². The first-order chi connectivity index (χ1) is 11.7. The van der Waals surface area contributed by atoms with Crippen LogP contribution in [0.25, 0.3) is 11.5 Å². The molecule has 0 saturated heterocycles. The second-order valence-corrected chi connectivity index (χ2v) is 6.70. The van der Waals surface area contributed by atoms with Gasteiger partial charge in [-0.15, -0.1) is 0 Å². The standard InChI is InChI=1S/C17H23N3O5/c1-11(10-18-16(22)24-17(2,3)4)20(5)15(21)12-9-14(25-19-12)13-7-6-8-23-13/h6-9,11H,10H2,1-5H3,(H,18,22)/t11-/m1/s1. The number of alkyl carbamates (subject to hydrolysis) is 1. The van der Waals surface area contributed by atoms with Crippen LogP contribution in [-0.4, -0.2) is 47.3 Å². The van der Waals surface area contributed by atoms with Crippen molar-refractivity contribution in [3.63, 3.8) is 0 Å². The van der Waals surface area contributed by atoms with E-state index in [9.17, 15) is 9.59 Å². The molecule has 0 spiro atoms. The zero-order valence-electron chi connectivity index (χ0n) is 15.0. The first-order valence-corrected chi connectivity index (χ1v) is 7.92. The van der Waals surface area contributed by atoms with Crippen molar-refractivity contribution < 1.29 is 23.3 Å². The highest BCUT2D eigenvalue weighted by molar-refractivity contribution is 5.93. The van der Waals surface area contributed by atoms with Crippen molar-refractivity contribution in [1.29, 1.82) is 0 Å². The summed E-state index contributed by atoms with van der Waals surface area (Å²) in [7, 11) is 1.63. The first kappa shape index (κ1) is 18.6. The molecule has 8 heteroatoms. The van der Waals surface area contributed by atoms with E-state index in [2.05, 4.69) is 10.5 Å². The summed E-state index contributed by atoms with van der Waals surface area (Å²) in [6.45, 7) is 7.41. The fourth-order valence-corrected chi connectivity index (χ4v) is 1.97. The van der Waals surface area contributed by atoms with E-state index in [0.717, 1.165) is 0 Å². The smallest absolute Gasteiger partial charge is 0.407 e. The van der Waals surface area contributed by atoms with Gasteiger partial charge in [0.05, 0.1) is 6.26 Å². The van der Waals surface area contributed by atoms with E-state index in [1.807, 2.05) is 6.92 Å². The number of ether oxygens (including phenoxy) is 1. The Morgan fingerprint density at radius 1 is 1.36 bits per heavy atom. The molecule has 8 nitrogen and oxygen atoms in total. The lowest BCUT2D eigenvalue weighted by Crippen LogP contribution is -2.44. The summed E-state index contributed by atoms with van der Waals surface area (Å²) in [5, 5.41) is 6.42. The van der Waals surface area contributed by atoms with E-state index < -0.39 is 11.7 Å². The molecule has 0 aliphatic heterocycles. The van der Waals surface area contributed by atoms with Gasteiger partial charge in [0, 0.05) is 25.7 Å². The quantitative estimate of drug-likeness (QED) is 0.891. The van der Waals surface area contributed by atoms with Gasteiger partial charge in [0.1, 0.15) is 5.60 Å². The zero-order chi connectivity index (χ0) is 18.6. The minimum absolute atomic E-state index is 0.165. The van der Waals surface area contributed by atoms with Crippen LogP contribution in [0.1, 0.15) is 38.2 Å². The van der Waals surface area contributed by atoms with E-state index in [0.29, 0.717) is 11.5 Å². The number of carbonyl (C=O) groups is 2. The molecule has 1 N–H and O–H groups in total. The van der Waals surface area contributed by atoms with Gasteiger partial charge in [-0.3, -0.25) is 4.79 Å². The molecular weight excluding hydrogens is 326 g/mol. The lowest BCUT2D eigenvalue weighted by Gasteiger charge is -2.25. The highest BCUT2D eigenvalue weighted by Crippen LogP contribution is 2.21. The first-order valence-electron chi connectivity index (χ1n) is 7.92. The maximum Gasteiger partial charge on any atom is 0.407 e. The van der Waals surface area contributed by atoms with Gasteiger partial charge in [-0.25, -0.2) is 4.79 Å². The molecule has 2 aromatic rings. The number of nitrogens with one attached hydrogen (secondary N) is 1. The zero-order valence-corrected chi connectivity index (χ0v) is 15.0. The minimum Gasteiger partial charge on any atom is -0.461 e. The summed E-state index contributed by atoms with van der Waals surface area (Å²) >= 11 is 0. The predicted octanol–water partition coefficient (Wildman–Crippen LogP) is 2.92. The van der Waals surface area contributed by atoms with E-state index in [1.54, 1.807) is 40.0 Å². The van der Waals surface area contributed by atoms with E-state index >= 15 is 0 Å². The second kappa shape index (κ2) is 7.42. The Balaban J connectivity index is 1.92. The molecule has 0 aliphatic rings. The maximum atomic E-state index is 12.5. The predicted molar refractivity (Wildman–Crippen MR) is 90.0 cm³/mol. The molecule has 2 rings (SSSR count). The van der Waals surface area contributed by atoms with Crippen molar-refractivity contribution in [3.8, 4) is 11.5 Å². The number of nitrogens with zero attached hydrogens (tertiary/aromatic N) is 2. The van der Waals surface area contributed by atoms with Crippen LogP contribution in [0, 0.1) is 0 Å². The van der Waals surface area contributed by atoms with Gasteiger partial charge in [-0.05, 0) is 39.8 Å². The number of amides is 2. The lowest BCUT2D eigenvalue weighted by atomic mass is 10.2. The average Bonchev–Trinajstić information content (AvgIpc) is 3.19. The molecule has 0 fully saturated rings. The minimum atomic E-state index is -0.571. The van der Waals surface area contributed by atoms with Gasteiger partial charge in [0.2, 0.25) is 5.76 Å². The molecule has 0 radical (unpaired) electrons. The van der Waals surface area contributed by atoms with Crippen LogP contribution < -0.4 is 5.32 Å². The number of aromatic nitrogens is 1. The molecule has 0 aromatic carbocycles. The second-order valence-electron chi connectivity index (χ2n) is 6.70. The van der Waals surface area contributed by atoms with Crippen LogP contribution in [0.2, 0.25) is 0 Å². The SMILES string of the molecule is C[C@H](CNC(=O)OC(C)(C)C)N(C)C(=O)c1cc(-c2ccco2)on1. The summed E-state index contributed by atoms with van der Waals surface area (Å²) in [6, 6.07) is 4.69. The highest BCUT2D eigenvalue weighted by atomic mass is 16.6. The number of rotatable bonds is 5. The summed E-state index contributed by atoms with van der Waals surface area (Å²) in [5.74, 6) is 0.551. The number of likely N-dealkylation sites (N-methyl/N-ethyl adjacent to an activating group) is 1. The number of furan rings is 1. The van der Waals surface area contributed by atoms with E-state index in [-0.39, 0.29) is 24.2 Å². The Bertz CT molecular complexity index is 715. The summed E-state index contributed by atoms with van der Waals surface area (Å²) in [5.41, 5.74) is -0.407. The van der Waals surface area contributed by atoms with Crippen LogP contribution in [0.3, 0.4) is 0 Å². The average molecular weight is 349 g/mol. The van der Waals surface area contributed by atoms with Crippen molar-refractivity contribution in [2.24, 2.45) is 0 Å². The molecule has 2 amide bonds. The van der Waals surface area contributed by atoms with Crippen LogP contribution in [0.5, 0.6) is 0 Å². The topological polar surface area (TPSA) is 97.8 Å². The molecule has 1 atom stereocenters. The number of carbonyl (C=O) groups excluding carboxylic acids is 2. The molecule has 2 aromatic heterocycles. The number of hydrogen-bond donors (Lipinski definition) is 1. The third-order valence-electron chi connectivity index (χ3n) is 3.42.